The largest absolute Gasteiger partial charge is 0.382 e. The van der Waals surface area contributed by atoms with Crippen molar-refractivity contribution in [3.05, 3.63) is 12.2 Å². The van der Waals surface area contributed by atoms with Crippen LogP contribution in [0.2, 0.25) is 0 Å². The summed E-state index contributed by atoms with van der Waals surface area (Å²) in [7, 11) is 0. The molecule has 0 spiro atoms. The second-order valence-electron chi connectivity index (χ2n) is 4.42. The first-order valence-corrected chi connectivity index (χ1v) is 4.99. The van der Waals surface area contributed by atoms with E-state index in [9.17, 15) is 5.11 Å². The van der Waals surface area contributed by atoms with E-state index in [1.165, 1.54) is 6.33 Å². The van der Waals surface area contributed by atoms with Gasteiger partial charge in [-0.3, -0.25) is 0 Å². The van der Waals surface area contributed by atoms with Gasteiger partial charge in [0.2, 0.25) is 0 Å². The molecule has 0 saturated heterocycles. The van der Waals surface area contributed by atoms with Gasteiger partial charge in [0.05, 0.1) is 0 Å². The van der Waals surface area contributed by atoms with Gasteiger partial charge in [0.1, 0.15) is 11.9 Å². The molecule has 1 heterocycles. The van der Waals surface area contributed by atoms with Gasteiger partial charge in [-0.1, -0.05) is 13.8 Å². The van der Waals surface area contributed by atoms with Gasteiger partial charge in [-0.05, 0) is 26.7 Å². The first-order valence-electron chi connectivity index (χ1n) is 4.99. The molecule has 14 heavy (non-hydrogen) atoms. The molecule has 0 fully saturated rings. The monoisotopic (exact) mass is 197 g/mol. The Morgan fingerprint density at radius 3 is 2.36 bits per heavy atom. The Morgan fingerprint density at radius 2 is 1.93 bits per heavy atom. The van der Waals surface area contributed by atoms with Crippen molar-refractivity contribution in [1.82, 2.24) is 14.8 Å². The molecule has 0 aliphatic carbocycles. The lowest BCUT2D eigenvalue weighted by Crippen LogP contribution is -2.32. The standard InChI is InChI=1S/C10H19N3O/c1-7(2)10(5,14)9-11-6-12-13(9)8(3)4/h6-8,14H,1-5H3. The maximum Gasteiger partial charge on any atom is 0.159 e. The number of hydrogen-bond acceptors (Lipinski definition) is 3. The van der Waals surface area contributed by atoms with Gasteiger partial charge in [-0.25, -0.2) is 9.67 Å². The molecule has 0 radical (unpaired) electrons. The lowest BCUT2D eigenvalue weighted by atomic mass is 9.91. The van der Waals surface area contributed by atoms with Crippen molar-refractivity contribution in [2.75, 3.05) is 0 Å². The van der Waals surface area contributed by atoms with Crippen LogP contribution in [-0.2, 0) is 5.60 Å². The molecule has 0 aliphatic heterocycles. The Bertz CT molecular complexity index is 302. The Hall–Kier alpha value is -0.900. The van der Waals surface area contributed by atoms with Gasteiger partial charge in [0.25, 0.3) is 0 Å². The van der Waals surface area contributed by atoms with Crippen molar-refractivity contribution >= 4 is 0 Å². The van der Waals surface area contributed by atoms with Gasteiger partial charge >= 0.3 is 0 Å². The summed E-state index contributed by atoms with van der Waals surface area (Å²) < 4.78 is 1.76. The third kappa shape index (κ3) is 1.80. The third-order valence-electron chi connectivity index (χ3n) is 2.64. The lowest BCUT2D eigenvalue weighted by molar-refractivity contribution is -0.00474. The molecule has 0 amide bonds. The fourth-order valence-electron chi connectivity index (χ4n) is 1.25. The Balaban J connectivity index is 3.12. The summed E-state index contributed by atoms with van der Waals surface area (Å²) in [5.41, 5.74) is -0.916. The van der Waals surface area contributed by atoms with Gasteiger partial charge in [-0.2, -0.15) is 5.10 Å². The maximum absolute atomic E-state index is 10.3. The molecular formula is C10H19N3O. The molecule has 1 aromatic rings. The van der Waals surface area contributed by atoms with Crippen molar-refractivity contribution in [1.29, 1.82) is 0 Å². The molecule has 1 N–H and O–H groups in total. The summed E-state index contributed by atoms with van der Waals surface area (Å²) >= 11 is 0. The fourth-order valence-corrected chi connectivity index (χ4v) is 1.25. The maximum atomic E-state index is 10.3. The van der Waals surface area contributed by atoms with Crippen LogP contribution in [0.3, 0.4) is 0 Å². The summed E-state index contributed by atoms with van der Waals surface area (Å²) in [5.74, 6) is 0.756. The molecular weight excluding hydrogens is 178 g/mol. The van der Waals surface area contributed by atoms with Crippen LogP contribution in [0.15, 0.2) is 6.33 Å². The number of rotatable bonds is 3. The highest BCUT2D eigenvalue weighted by Gasteiger charge is 2.32. The summed E-state index contributed by atoms with van der Waals surface area (Å²) in [6, 6.07) is 0.220. The van der Waals surface area contributed by atoms with E-state index in [0.29, 0.717) is 5.82 Å². The van der Waals surface area contributed by atoms with Crippen molar-refractivity contribution in [3.63, 3.8) is 0 Å². The number of nitrogens with zero attached hydrogens (tertiary/aromatic N) is 3. The van der Waals surface area contributed by atoms with Gasteiger partial charge in [-0.15, -0.1) is 0 Å². The second-order valence-corrected chi connectivity index (χ2v) is 4.42. The highest BCUT2D eigenvalue weighted by Crippen LogP contribution is 2.28. The highest BCUT2D eigenvalue weighted by molar-refractivity contribution is 5.01. The van der Waals surface area contributed by atoms with Crippen LogP contribution in [0.4, 0.5) is 0 Å². The van der Waals surface area contributed by atoms with Crippen LogP contribution in [-0.4, -0.2) is 19.9 Å². The molecule has 1 atom stereocenters. The first-order chi connectivity index (χ1) is 6.37. The van der Waals surface area contributed by atoms with Crippen LogP contribution < -0.4 is 0 Å². The minimum Gasteiger partial charge on any atom is -0.382 e. The molecule has 1 rings (SSSR count). The zero-order valence-electron chi connectivity index (χ0n) is 9.52. The molecule has 0 aromatic carbocycles. The van der Waals surface area contributed by atoms with E-state index in [0.717, 1.165) is 0 Å². The van der Waals surface area contributed by atoms with Crippen LogP contribution in [0, 0.1) is 5.92 Å². The normalized spacial score (nSPS) is 16.3. The Labute approximate surface area is 85.0 Å². The van der Waals surface area contributed by atoms with E-state index in [2.05, 4.69) is 10.1 Å². The zero-order chi connectivity index (χ0) is 10.9. The highest BCUT2D eigenvalue weighted by atomic mass is 16.3. The summed E-state index contributed by atoms with van der Waals surface area (Å²) in [5, 5.41) is 14.4. The predicted octanol–water partition coefficient (Wildman–Crippen LogP) is 1.72. The lowest BCUT2D eigenvalue weighted by Gasteiger charge is -2.27. The fraction of sp³-hybridized carbons (Fsp3) is 0.800. The van der Waals surface area contributed by atoms with Crippen LogP contribution in [0.1, 0.15) is 46.5 Å². The molecule has 1 unspecified atom stereocenters. The smallest absolute Gasteiger partial charge is 0.159 e. The molecule has 0 bridgehead atoms. The van der Waals surface area contributed by atoms with Gasteiger partial charge < -0.3 is 5.11 Å². The summed E-state index contributed by atoms with van der Waals surface area (Å²) in [4.78, 5) is 4.13. The minimum atomic E-state index is -0.916. The average Bonchev–Trinajstić information content (AvgIpc) is 2.51. The van der Waals surface area contributed by atoms with E-state index in [4.69, 9.17) is 0 Å². The first kappa shape index (κ1) is 11.2. The molecule has 0 saturated carbocycles. The number of hydrogen-bond donors (Lipinski definition) is 1. The Kier molecular flexibility index (Phi) is 2.95. The second kappa shape index (κ2) is 3.69. The molecule has 4 heteroatoms. The third-order valence-corrected chi connectivity index (χ3v) is 2.64. The van der Waals surface area contributed by atoms with E-state index in [1.807, 2.05) is 27.7 Å². The van der Waals surface area contributed by atoms with Crippen LogP contribution in [0.5, 0.6) is 0 Å². The van der Waals surface area contributed by atoms with Crippen LogP contribution >= 0.6 is 0 Å². The van der Waals surface area contributed by atoms with Crippen molar-refractivity contribution in [2.24, 2.45) is 5.92 Å². The minimum absolute atomic E-state index is 0.115. The molecule has 1 aromatic heterocycles. The van der Waals surface area contributed by atoms with Crippen LogP contribution in [0.25, 0.3) is 0 Å². The van der Waals surface area contributed by atoms with E-state index in [-0.39, 0.29) is 12.0 Å². The number of aliphatic hydroxyl groups is 1. The van der Waals surface area contributed by atoms with Crippen molar-refractivity contribution in [2.45, 2.75) is 46.3 Å². The summed E-state index contributed by atoms with van der Waals surface area (Å²) in [6.45, 7) is 9.77. The average molecular weight is 197 g/mol. The van der Waals surface area contributed by atoms with Crippen molar-refractivity contribution in [3.8, 4) is 0 Å². The summed E-state index contributed by atoms with van der Waals surface area (Å²) in [6.07, 6.45) is 1.49. The van der Waals surface area contributed by atoms with Gasteiger partial charge in [0, 0.05) is 6.04 Å². The molecule has 0 aliphatic rings. The Morgan fingerprint density at radius 1 is 1.36 bits per heavy atom. The van der Waals surface area contributed by atoms with Crippen molar-refractivity contribution < 1.29 is 5.11 Å². The molecule has 80 valence electrons. The van der Waals surface area contributed by atoms with E-state index < -0.39 is 5.60 Å². The van der Waals surface area contributed by atoms with Gasteiger partial charge in [0.15, 0.2) is 5.82 Å². The quantitative estimate of drug-likeness (QED) is 0.802. The number of aromatic nitrogens is 3. The predicted molar refractivity (Wildman–Crippen MR) is 54.8 cm³/mol. The topological polar surface area (TPSA) is 50.9 Å². The molecule has 4 nitrogen and oxygen atoms in total. The van der Waals surface area contributed by atoms with E-state index >= 15 is 0 Å². The SMILES string of the molecule is CC(C)n1ncnc1C(C)(O)C(C)C. The van der Waals surface area contributed by atoms with E-state index in [1.54, 1.807) is 11.6 Å². The zero-order valence-corrected chi connectivity index (χ0v) is 9.52.